The molecule has 0 aliphatic heterocycles. The molecular weight excluding hydrogens is 1810 g/mol. The molecule has 0 bridgehead atoms. The van der Waals surface area contributed by atoms with Gasteiger partial charge in [0.15, 0.2) is 40.9 Å². The molecule has 0 aromatic heterocycles. The molecule has 4 aliphatic rings. The van der Waals surface area contributed by atoms with E-state index < -0.39 is 41.3 Å². The number of hydrogen-bond donors (Lipinski definition) is 0. The van der Waals surface area contributed by atoms with E-state index >= 15 is 0 Å². The average Bonchev–Trinajstić information content (AvgIpc) is 0.808. The number of benzene rings is 10. The molecule has 0 N–H and O–H groups in total. The van der Waals surface area contributed by atoms with Crippen LogP contribution in [0, 0.1) is 58.8 Å². The maximum atomic E-state index is 14.8. The van der Waals surface area contributed by atoms with Crippen molar-refractivity contribution in [2.24, 2.45) is 35.5 Å². The summed E-state index contributed by atoms with van der Waals surface area (Å²) in [5, 5.41) is 0. The molecule has 0 heterocycles. The number of unbranched alkanes of at least 4 members (excludes halogenated alkanes) is 12. The quantitative estimate of drug-likeness (QED) is 0.0122. The molecule has 5 unspecified atom stereocenters. The van der Waals surface area contributed by atoms with E-state index in [0.29, 0.717) is 75.0 Å². The molecule has 146 heavy (non-hydrogen) atoms. The summed E-state index contributed by atoms with van der Waals surface area (Å²) in [6.45, 7) is 26.1. The predicted molar refractivity (Wildman–Crippen MR) is 599 cm³/mol. The van der Waals surface area contributed by atoms with Crippen LogP contribution in [0.2, 0.25) is 0 Å². The third-order valence-electron chi connectivity index (χ3n) is 31.7. The highest BCUT2D eigenvalue weighted by atomic mass is 19.1. The summed E-state index contributed by atoms with van der Waals surface area (Å²) < 4.78 is 87.5. The summed E-state index contributed by atoms with van der Waals surface area (Å²) in [4.78, 5) is 38.9. The fraction of sp³-hybridized carbons (Fsp3) is 0.515. The van der Waals surface area contributed by atoms with Gasteiger partial charge in [-0.25, -0.2) is 31.9 Å². The molecule has 788 valence electrons. The molecule has 10 aromatic rings. The Hall–Kier alpha value is -10.3. The van der Waals surface area contributed by atoms with Crippen LogP contribution >= 0.6 is 0 Å². The van der Waals surface area contributed by atoms with E-state index in [2.05, 4.69) is 154 Å². The van der Waals surface area contributed by atoms with E-state index in [1.807, 2.05) is 141 Å². The third kappa shape index (κ3) is 38.4. The minimum absolute atomic E-state index is 0.0437. The van der Waals surface area contributed by atoms with Crippen LogP contribution in [0.4, 0.5) is 17.6 Å². The lowest BCUT2D eigenvalue weighted by atomic mass is 9.77. The largest absolute Gasteiger partial charge is 0.485 e. The third-order valence-corrected chi connectivity index (χ3v) is 31.7. The van der Waals surface area contributed by atoms with E-state index in [1.165, 1.54) is 270 Å². The first-order valence-electron chi connectivity index (χ1n) is 57.4. The summed E-state index contributed by atoms with van der Waals surface area (Å²) in [7, 11) is 0. The van der Waals surface area contributed by atoms with Crippen LogP contribution in [0.25, 0.3) is 33.4 Å². The van der Waals surface area contributed by atoms with Crippen LogP contribution in [-0.2, 0) is 22.3 Å². The van der Waals surface area contributed by atoms with Crippen molar-refractivity contribution in [2.45, 2.75) is 401 Å². The molecule has 5 atom stereocenters. The minimum Gasteiger partial charge on any atom is -0.485 e. The lowest BCUT2D eigenvalue weighted by Gasteiger charge is -2.29. The van der Waals surface area contributed by atoms with Crippen LogP contribution < -0.4 is 14.2 Å². The molecule has 0 spiro atoms. The number of carbonyl (C=O) groups excluding carboxylic acids is 3. The zero-order chi connectivity index (χ0) is 104. The minimum atomic E-state index is -0.697. The SMILES string of the molecule is CCCCCC1CCC(c2ccc(C(=O)OCC(OC(=O)c3ccc(C4CCC(CCCCC)CC4)cc3)c3ccccc3)cc2)CC1.CCCCCCC(C)Oc1c(F)cc(-c2ccc(C3CCC(/C=C/C(C)CC)CC3)cc2)cc1F.CCCCCCC(C)Oc1c(F)cc(-c2ccc(C3CCC(CCC)CC3)cc2)cc1F.CCCCCc1ccc(-c2ccc(C(=O)Oc3ccc(CC(C)CC)cc3)cc2)cc1. The van der Waals surface area contributed by atoms with Crippen molar-refractivity contribution in [3.8, 4) is 50.6 Å². The van der Waals surface area contributed by atoms with Crippen molar-refractivity contribution in [2.75, 3.05) is 6.61 Å². The Labute approximate surface area is 877 Å². The summed E-state index contributed by atoms with van der Waals surface area (Å²) in [5.74, 6) is 3.41. The number of hydrogen-bond acceptors (Lipinski definition) is 8. The number of ether oxygens (including phenoxy) is 5. The topological polar surface area (TPSA) is 97.4 Å². The fourth-order valence-corrected chi connectivity index (χ4v) is 21.8. The molecule has 8 nitrogen and oxygen atoms in total. The van der Waals surface area contributed by atoms with Gasteiger partial charge in [-0.1, -0.05) is 361 Å². The highest BCUT2D eigenvalue weighted by Gasteiger charge is 2.30. The van der Waals surface area contributed by atoms with Gasteiger partial charge >= 0.3 is 17.9 Å². The van der Waals surface area contributed by atoms with E-state index in [1.54, 1.807) is 0 Å². The van der Waals surface area contributed by atoms with Gasteiger partial charge < -0.3 is 23.7 Å². The van der Waals surface area contributed by atoms with Crippen LogP contribution in [0.1, 0.15) is 446 Å². The zero-order valence-electron chi connectivity index (χ0n) is 90.9. The van der Waals surface area contributed by atoms with Crippen LogP contribution in [0.15, 0.2) is 237 Å². The van der Waals surface area contributed by atoms with E-state index in [0.717, 1.165) is 110 Å². The number of allylic oxidation sites excluding steroid dienone is 2. The van der Waals surface area contributed by atoms with Crippen LogP contribution in [0.3, 0.4) is 0 Å². The van der Waals surface area contributed by atoms with Gasteiger partial charge in [0.2, 0.25) is 0 Å². The lowest BCUT2D eigenvalue weighted by molar-refractivity contribution is -0.00134. The average molecular weight is 1990 g/mol. The number of halogens is 4. The Morgan fingerprint density at radius 1 is 0.342 bits per heavy atom. The lowest BCUT2D eigenvalue weighted by Crippen LogP contribution is -2.19. The number of aryl methyl sites for hydroxylation is 1. The van der Waals surface area contributed by atoms with Gasteiger partial charge in [-0.3, -0.25) is 0 Å². The van der Waals surface area contributed by atoms with Crippen LogP contribution in [0.5, 0.6) is 17.2 Å². The molecule has 14 rings (SSSR count). The second kappa shape index (κ2) is 63.5. The first-order valence-corrected chi connectivity index (χ1v) is 57.4. The molecule has 0 radical (unpaired) electrons. The summed E-state index contributed by atoms with van der Waals surface area (Å²) in [6.07, 6.45) is 56.1. The monoisotopic (exact) mass is 1990 g/mol. The maximum Gasteiger partial charge on any atom is 0.343 e. The van der Waals surface area contributed by atoms with Gasteiger partial charge in [0, 0.05) is 0 Å². The molecular formula is C134H176F4O8. The van der Waals surface area contributed by atoms with E-state index in [9.17, 15) is 31.9 Å². The van der Waals surface area contributed by atoms with Gasteiger partial charge in [0.25, 0.3) is 0 Å². The van der Waals surface area contributed by atoms with Gasteiger partial charge in [0.1, 0.15) is 12.4 Å². The van der Waals surface area contributed by atoms with Crippen molar-refractivity contribution in [3.63, 3.8) is 0 Å². The second-order valence-electron chi connectivity index (χ2n) is 43.3. The Bertz CT molecular complexity index is 5340. The number of rotatable bonds is 49. The van der Waals surface area contributed by atoms with Crippen molar-refractivity contribution in [3.05, 3.63) is 316 Å². The maximum absolute atomic E-state index is 14.8. The van der Waals surface area contributed by atoms with Gasteiger partial charge in [-0.15, -0.1) is 0 Å². The van der Waals surface area contributed by atoms with Gasteiger partial charge in [0.05, 0.1) is 28.9 Å². The first kappa shape index (κ1) is 116. The highest BCUT2D eigenvalue weighted by molar-refractivity contribution is 5.92. The van der Waals surface area contributed by atoms with Crippen molar-refractivity contribution < 1.29 is 55.6 Å². The molecule has 0 saturated heterocycles. The number of esters is 3. The van der Waals surface area contributed by atoms with Crippen molar-refractivity contribution in [1.29, 1.82) is 0 Å². The molecule has 4 saturated carbocycles. The standard InChI is InChI=1S/C44H58O4.C32H44F2O.C29H40F2O.C29H34O2/c1-3-5-8-12-33-16-20-35(21-17-33)37-24-28-40(29-25-37)43(45)47-32-42(39-14-10-7-11-15-39)48-44(46)41-30-26-38(27-31-41)36-22-18-34(19-23-36)13-9-6-4-2;1-5-7-8-9-10-24(4)35-32-30(33)21-29(22-31(32)34)28-19-17-27(18-20-28)26-15-13-25(14-16-26)12-11-23(3)6-2;1-4-6-7-8-10-21(3)32-29-27(30)19-26(20-28(29)31)25-17-15-24(16-18-25)23-13-11-22(9-5-2)12-14-23;1-4-6-7-8-23-9-13-25(14-10-23)26-15-17-27(18-16-26)29(30)31-28-19-11-24(12-20-28)21-22(3)5-2/h7,10-11,14-15,24-31,33-36,42H,3-6,8-9,12-13,16-23,32H2,1-2H3;11-12,17-26H,5-10,13-16H2,1-4H3;15-23H,4-14H2,1-3H3;9-20,22H,4-8,21H2,1-3H3/b;12-11+;;. The first-order chi connectivity index (χ1) is 71.0. The molecule has 10 aromatic carbocycles. The van der Waals surface area contributed by atoms with Crippen molar-refractivity contribution >= 4 is 17.9 Å². The van der Waals surface area contributed by atoms with Gasteiger partial charge in [-0.05, 0) is 366 Å². The molecule has 4 fully saturated rings. The predicted octanol–water partition coefficient (Wildman–Crippen LogP) is 39.7. The van der Waals surface area contributed by atoms with E-state index in [4.69, 9.17) is 23.7 Å². The van der Waals surface area contributed by atoms with Crippen LogP contribution in [-0.4, -0.2) is 36.7 Å². The highest BCUT2D eigenvalue weighted by Crippen LogP contribution is 2.44. The smallest absolute Gasteiger partial charge is 0.343 e. The Morgan fingerprint density at radius 2 is 0.705 bits per heavy atom. The Kier molecular flexibility index (Phi) is 50.4. The molecule has 12 heteroatoms. The summed E-state index contributed by atoms with van der Waals surface area (Å²) in [6, 6.07) is 71.8. The normalized spacial score (nSPS) is 18.8. The van der Waals surface area contributed by atoms with Crippen molar-refractivity contribution in [1.82, 2.24) is 0 Å². The number of carbonyl (C=O) groups is 3. The van der Waals surface area contributed by atoms with E-state index in [-0.39, 0.29) is 36.3 Å². The molecule has 4 aliphatic carbocycles. The molecule has 0 amide bonds. The zero-order valence-corrected chi connectivity index (χ0v) is 90.9. The summed E-state index contributed by atoms with van der Waals surface area (Å²) >= 11 is 0. The second-order valence-corrected chi connectivity index (χ2v) is 43.3. The Balaban J connectivity index is 0.000000188. The summed E-state index contributed by atoms with van der Waals surface area (Å²) in [5.41, 5.74) is 15.4. The van der Waals surface area contributed by atoms with Gasteiger partial charge in [-0.2, -0.15) is 0 Å². The Morgan fingerprint density at radius 3 is 1.12 bits per heavy atom. The fourth-order valence-electron chi connectivity index (χ4n) is 21.8.